The predicted molar refractivity (Wildman–Crippen MR) is 130 cm³/mol. The highest BCUT2D eigenvalue weighted by molar-refractivity contribution is 6.34. The number of rotatable bonds is 8. The van der Waals surface area contributed by atoms with Gasteiger partial charge in [0.15, 0.2) is 5.76 Å². The molecule has 0 radical (unpaired) electrons. The largest absolute Gasteiger partial charge is 0.462 e. The van der Waals surface area contributed by atoms with E-state index >= 15 is 0 Å². The lowest BCUT2D eigenvalue weighted by Gasteiger charge is -2.39. The number of hydrogen-bond acceptors (Lipinski definition) is 5. The van der Waals surface area contributed by atoms with Crippen LogP contribution >= 0.6 is 0 Å². The minimum atomic E-state index is -0.718. The molecule has 1 aromatic rings. The molecule has 1 aromatic carbocycles. The van der Waals surface area contributed by atoms with Crippen molar-refractivity contribution in [3.05, 3.63) is 82.4 Å². The van der Waals surface area contributed by atoms with E-state index in [1.54, 1.807) is 0 Å². The number of Topliss-reactive ketones (excluding diaryl/α,β-unsaturated/α-hetero) is 2. The normalized spacial score (nSPS) is 22.2. The van der Waals surface area contributed by atoms with Gasteiger partial charge in [-0.2, -0.15) is 0 Å². The van der Waals surface area contributed by atoms with Crippen molar-refractivity contribution in [3.8, 4) is 0 Å². The van der Waals surface area contributed by atoms with Crippen LogP contribution in [0.1, 0.15) is 57.9 Å². The van der Waals surface area contributed by atoms with Gasteiger partial charge in [-0.1, -0.05) is 68.3 Å². The van der Waals surface area contributed by atoms with Crippen LogP contribution < -0.4 is 0 Å². The molecule has 0 aromatic heterocycles. The second-order valence-electron chi connectivity index (χ2n) is 9.34. The number of carbonyl (C=O) groups is 3. The van der Waals surface area contributed by atoms with Crippen molar-refractivity contribution in [2.24, 2.45) is 11.8 Å². The molecule has 5 nitrogen and oxygen atoms in total. The number of carbonyl (C=O) groups excluding carboxylic acids is 3. The predicted octanol–water partition coefficient (Wildman–Crippen LogP) is 5.57. The lowest BCUT2D eigenvalue weighted by Crippen LogP contribution is -2.39. The Bertz CT molecular complexity index is 1100. The minimum Gasteiger partial charge on any atom is -0.462 e. The lowest BCUT2D eigenvalue weighted by molar-refractivity contribution is -0.141. The minimum absolute atomic E-state index is 0.0505. The second-order valence-corrected chi connectivity index (χ2v) is 9.34. The molecule has 0 unspecified atom stereocenters. The zero-order chi connectivity index (χ0) is 24.2. The first kappa shape index (κ1) is 23.9. The first-order valence-corrected chi connectivity index (χ1v) is 12.2. The molecule has 0 amide bonds. The van der Waals surface area contributed by atoms with Crippen LogP contribution in [0.25, 0.3) is 0 Å². The molecule has 1 heterocycles. The fraction of sp³-hybridized carbons (Fsp3) is 0.414. The fourth-order valence-electron chi connectivity index (χ4n) is 5.06. The maximum Gasteiger partial charge on any atom is 0.342 e. The summed E-state index contributed by atoms with van der Waals surface area (Å²) in [5, 5.41) is 0. The van der Waals surface area contributed by atoms with Crippen LogP contribution in [0.5, 0.6) is 0 Å². The van der Waals surface area contributed by atoms with Gasteiger partial charge >= 0.3 is 5.97 Å². The number of ether oxygens (including phenoxy) is 2. The summed E-state index contributed by atoms with van der Waals surface area (Å²) in [7, 11) is 0. The Hall–Kier alpha value is -3.21. The highest BCUT2D eigenvalue weighted by Crippen LogP contribution is 2.47. The van der Waals surface area contributed by atoms with Crippen molar-refractivity contribution in [2.45, 2.75) is 58.8 Å². The van der Waals surface area contributed by atoms with Crippen LogP contribution in [0.15, 0.2) is 76.8 Å². The number of fused-ring (bicyclic) bond motifs is 2. The van der Waals surface area contributed by atoms with E-state index in [2.05, 4.69) is 13.5 Å². The first-order valence-electron chi connectivity index (χ1n) is 12.2. The van der Waals surface area contributed by atoms with Crippen molar-refractivity contribution in [1.29, 1.82) is 0 Å². The summed E-state index contributed by atoms with van der Waals surface area (Å²) in [5.41, 5.74) is 2.58. The van der Waals surface area contributed by atoms with Crippen molar-refractivity contribution in [3.63, 3.8) is 0 Å². The van der Waals surface area contributed by atoms with Crippen LogP contribution in [-0.4, -0.2) is 24.1 Å². The van der Waals surface area contributed by atoms with Crippen LogP contribution in [0.3, 0.4) is 0 Å². The number of allylic oxidation sites excluding steroid dienone is 5. The fourth-order valence-corrected chi connectivity index (χ4v) is 5.06. The molecule has 0 fully saturated rings. The van der Waals surface area contributed by atoms with E-state index in [1.165, 1.54) is 0 Å². The van der Waals surface area contributed by atoms with Gasteiger partial charge < -0.3 is 9.47 Å². The Morgan fingerprint density at radius 3 is 2.62 bits per heavy atom. The van der Waals surface area contributed by atoms with Crippen molar-refractivity contribution < 1.29 is 23.9 Å². The maximum absolute atomic E-state index is 13.8. The Balaban J connectivity index is 1.64. The zero-order valence-electron chi connectivity index (χ0n) is 20.0. The monoisotopic (exact) mass is 460 g/mol. The van der Waals surface area contributed by atoms with E-state index in [-0.39, 0.29) is 46.7 Å². The highest BCUT2D eigenvalue weighted by Gasteiger charge is 2.47. The van der Waals surface area contributed by atoms with Crippen LogP contribution in [-0.2, 0) is 30.3 Å². The van der Waals surface area contributed by atoms with E-state index < -0.39 is 11.8 Å². The SMILES string of the molecule is C=C1OC2=C(C(=O)C(C(=O)OCCc3ccccc3)=C(CCCCC)C2=O)[C@@H]2C=C(C)CC[C@@H]12. The van der Waals surface area contributed by atoms with Gasteiger partial charge in [-0.25, -0.2) is 4.79 Å². The Labute approximate surface area is 201 Å². The van der Waals surface area contributed by atoms with Gasteiger partial charge in [-0.05, 0) is 38.2 Å². The van der Waals surface area contributed by atoms with Gasteiger partial charge in [0.2, 0.25) is 11.6 Å². The summed E-state index contributed by atoms with van der Waals surface area (Å²) < 4.78 is 11.4. The third-order valence-electron chi connectivity index (χ3n) is 6.93. The Morgan fingerprint density at radius 2 is 1.88 bits per heavy atom. The number of ketones is 2. The van der Waals surface area contributed by atoms with Gasteiger partial charge in [0.25, 0.3) is 0 Å². The molecule has 34 heavy (non-hydrogen) atoms. The van der Waals surface area contributed by atoms with Crippen LogP contribution in [0.2, 0.25) is 0 Å². The van der Waals surface area contributed by atoms with E-state index in [4.69, 9.17) is 9.47 Å². The summed E-state index contributed by atoms with van der Waals surface area (Å²) in [6.45, 7) is 8.27. The lowest BCUT2D eigenvalue weighted by atomic mass is 9.69. The maximum atomic E-state index is 13.8. The summed E-state index contributed by atoms with van der Waals surface area (Å²) in [5.74, 6) is -1.33. The topological polar surface area (TPSA) is 69.7 Å². The summed E-state index contributed by atoms with van der Waals surface area (Å²) in [4.78, 5) is 40.5. The van der Waals surface area contributed by atoms with Crippen molar-refractivity contribution >= 4 is 17.5 Å². The van der Waals surface area contributed by atoms with Gasteiger partial charge in [0.05, 0.1) is 12.2 Å². The molecule has 5 heteroatoms. The third kappa shape index (κ3) is 4.70. The molecule has 0 bridgehead atoms. The molecule has 4 rings (SSSR count). The van der Waals surface area contributed by atoms with Crippen LogP contribution in [0.4, 0.5) is 0 Å². The smallest absolute Gasteiger partial charge is 0.342 e. The first-order chi connectivity index (χ1) is 16.4. The molecule has 178 valence electrons. The zero-order valence-corrected chi connectivity index (χ0v) is 20.0. The molecule has 3 aliphatic rings. The Morgan fingerprint density at radius 1 is 1.12 bits per heavy atom. The molecule has 0 N–H and O–H groups in total. The Kier molecular flexibility index (Phi) is 7.30. The summed E-state index contributed by atoms with van der Waals surface area (Å²) in [6, 6.07) is 9.70. The van der Waals surface area contributed by atoms with E-state index in [9.17, 15) is 14.4 Å². The van der Waals surface area contributed by atoms with Crippen LogP contribution in [0, 0.1) is 11.8 Å². The van der Waals surface area contributed by atoms with E-state index in [1.807, 2.05) is 43.3 Å². The molecule has 0 saturated carbocycles. The average Bonchev–Trinajstić information content (AvgIpc) is 2.82. The number of unbranched alkanes of at least 4 members (excludes halogenated alkanes) is 2. The second kappa shape index (κ2) is 10.4. The molecule has 0 spiro atoms. The van der Waals surface area contributed by atoms with Gasteiger partial charge in [-0.3, -0.25) is 9.59 Å². The van der Waals surface area contributed by atoms with Gasteiger partial charge in [0, 0.05) is 23.8 Å². The molecular formula is C29H32O5. The van der Waals surface area contributed by atoms with Gasteiger partial charge in [0.1, 0.15) is 11.3 Å². The highest BCUT2D eigenvalue weighted by atomic mass is 16.5. The number of esters is 1. The molecule has 1 aliphatic heterocycles. The molecule has 2 aliphatic carbocycles. The van der Waals surface area contributed by atoms with E-state index in [0.29, 0.717) is 25.0 Å². The standard InChI is InChI=1S/C29H32O5/c1-4-5-7-12-22-25(29(32)33-16-15-20-10-8-6-9-11-20)27(31)24-23-17-18(2)13-14-21(23)19(3)34-28(24)26(22)30/h6,8-11,17,21,23H,3-5,7,12-16H2,1-2H3/t21-,23+/m0/s1. The third-order valence-corrected chi connectivity index (χ3v) is 6.93. The van der Waals surface area contributed by atoms with Gasteiger partial charge in [-0.15, -0.1) is 0 Å². The number of hydrogen-bond donors (Lipinski definition) is 0. The van der Waals surface area contributed by atoms with Crippen molar-refractivity contribution in [2.75, 3.05) is 6.61 Å². The average molecular weight is 461 g/mol. The summed E-state index contributed by atoms with van der Waals surface area (Å²) >= 11 is 0. The van der Waals surface area contributed by atoms with E-state index in [0.717, 1.165) is 36.8 Å². The quantitative estimate of drug-likeness (QED) is 0.167. The molecule has 2 atom stereocenters. The molecular weight excluding hydrogens is 428 g/mol. The summed E-state index contributed by atoms with van der Waals surface area (Å²) in [6.07, 6.45) is 7.17. The molecule has 0 saturated heterocycles. The van der Waals surface area contributed by atoms with Crippen molar-refractivity contribution in [1.82, 2.24) is 0 Å². The number of benzene rings is 1.